The normalized spacial score (nSPS) is 20.3. The monoisotopic (exact) mass is 464 g/mol. The zero-order chi connectivity index (χ0) is 24.1. The van der Waals surface area contributed by atoms with E-state index in [9.17, 15) is 22.8 Å². The van der Waals surface area contributed by atoms with Crippen molar-refractivity contribution in [2.24, 2.45) is 0 Å². The van der Waals surface area contributed by atoms with Crippen molar-refractivity contribution >= 4 is 29.3 Å². The molecule has 0 saturated carbocycles. The number of likely N-dealkylation sites (N-methyl/N-ethyl adjacent to an activating group) is 1. The first kappa shape index (κ1) is 22.8. The van der Waals surface area contributed by atoms with E-state index in [0.717, 1.165) is 0 Å². The SMILES string of the molecule is COC[C@@]1(C)C(=O)Nc2c(C)nc(NC3CN(C(=O)c4cc(F)c(F)c(F)c4)C3)nc2N1C. The molecule has 1 saturated heterocycles. The van der Waals surface area contributed by atoms with Crippen molar-refractivity contribution in [1.29, 1.82) is 0 Å². The highest BCUT2D eigenvalue weighted by molar-refractivity contribution is 6.06. The summed E-state index contributed by atoms with van der Waals surface area (Å²) in [5.41, 5.74) is -0.154. The summed E-state index contributed by atoms with van der Waals surface area (Å²) in [5, 5.41) is 5.98. The van der Waals surface area contributed by atoms with Gasteiger partial charge in [0.15, 0.2) is 23.3 Å². The Balaban J connectivity index is 1.47. The summed E-state index contributed by atoms with van der Waals surface area (Å²) in [6.07, 6.45) is 0. The summed E-state index contributed by atoms with van der Waals surface area (Å²) in [7, 11) is 3.26. The maximum atomic E-state index is 13.4. The number of nitrogens with zero attached hydrogens (tertiary/aromatic N) is 4. The van der Waals surface area contributed by atoms with Crippen LogP contribution in [-0.4, -0.2) is 72.1 Å². The van der Waals surface area contributed by atoms with E-state index >= 15 is 0 Å². The van der Waals surface area contributed by atoms with Gasteiger partial charge in [-0.3, -0.25) is 9.59 Å². The van der Waals surface area contributed by atoms with E-state index in [-0.39, 0.29) is 37.2 Å². The van der Waals surface area contributed by atoms with Crippen LogP contribution in [0.15, 0.2) is 12.1 Å². The fraction of sp³-hybridized carbons (Fsp3) is 0.429. The molecule has 1 aromatic heterocycles. The number of benzene rings is 1. The smallest absolute Gasteiger partial charge is 0.254 e. The van der Waals surface area contributed by atoms with E-state index in [0.29, 0.717) is 35.3 Å². The first-order chi connectivity index (χ1) is 15.5. The maximum Gasteiger partial charge on any atom is 0.254 e. The number of amides is 2. The van der Waals surface area contributed by atoms with Crippen LogP contribution in [0.25, 0.3) is 0 Å². The van der Waals surface area contributed by atoms with Crippen molar-refractivity contribution in [3.63, 3.8) is 0 Å². The first-order valence-corrected chi connectivity index (χ1v) is 10.2. The second-order valence-electron chi connectivity index (χ2n) is 8.36. The predicted molar refractivity (Wildman–Crippen MR) is 114 cm³/mol. The number of rotatable bonds is 5. The molecule has 12 heteroatoms. The minimum absolute atomic E-state index is 0.158. The Morgan fingerprint density at radius 1 is 1.27 bits per heavy atom. The highest BCUT2D eigenvalue weighted by Crippen LogP contribution is 2.37. The Bertz CT molecular complexity index is 1120. The maximum absolute atomic E-state index is 13.4. The zero-order valence-corrected chi connectivity index (χ0v) is 18.5. The number of carbonyl (C=O) groups is 2. The second-order valence-corrected chi connectivity index (χ2v) is 8.36. The lowest BCUT2D eigenvalue weighted by molar-refractivity contribution is -0.122. The third-order valence-electron chi connectivity index (χ3n) is 6.01. The Labute approximate surface area is 187 Å². The topological polar surface area (TPSA) is 99.7 Å². The van der Waals surface area contributed by atoms with Crippen molar-refractivity contribution < 1.29 is 27.5 Å². The molecule has 1 atom stereocenters. The molecule has 0 spiro atoms. The number of nitrogens with one attached hydrogen (secondary N) is 2. The third kappa shape index (κ3) is 3.84. The molecule has 4 rings (SSSR count). The van der Waals surface area contributed by atoms with Gasteiger partial charge in [0.25, 0.3) is 11.8 Å². The second kappa shape index (κ2) is 8.18. The highest BCUT2D eigenvalue weighted by Gasteiger charge is 2.44. The molecule has 0 radical (unpaired) electrons. The molecule has 3 heterocycles. The van der Waals surface area contributed by atoms with E-state index < -0.39 is 28.9 Å². The van der Waals surface area contributed by atoms with Gasteiger partial charge in [0.1, 0.15) is 11.2 Å². The summed E-state index contributed by atoms with van der Waals surface area (Å²) < 4.78 is 45.2. The molecular weight excluding hydrogens is 441 g/mol. The standard InChI is InChI=1S/C21H23F3N6O3/c1-10-16-17(29(3)21(2,9-33-4)19(32)27-16)28-20(25-10)26-12-7-30(8-12)18(31)11-5-13(22)15(24)14(23)6-11/h5-6,12H,7-9H2,1-4H3,(H,27,32)(H,25,26,28)/t21-/m0/s1. The lowest BCUT2D eigenvalue weighted by atomic mass is 9.97. The van der Waals surface area contributed by atoms with Crippen molar-refractivity contribution in [1.82, 2.24) is 14.9 Å². The Kier molecular flexibility index (Phi) is 5.64. The van der Waals surface area contributed by atoms with Crippen molar-refractivity contribution in [3.8, 4) is 0 Å². The van der Waals surface area contributed by atoms with E-state index in [1.54, 1.807) is 25.8 Å². The van der Waals surface area contributed by atoms with Crippen LogP contribution in [0, 0.1) is 24.4 Å². The number of methoxy groups -OCH3 is 1. The molecule has 2 aliphatic heterocycles. The molecule has 0 bridgehead atoms. The van der Waals surface area contributed by atoms with Crippen LogP contribution < -0.4 is 15.5 Å². The largest absolute Gasteiger partial charge is 0.382 e. The summed E-state index contributed by atoms with van der Waals surface area (Å²) >= 11 is 0. The van der Waals surface area contributed by atoms with Crippen LogP contribution in [0.1, 0.15) is 23.0 Å². The van der Waals surface area contributed by atoms with Gasteiger partial charge in [-0.25, -0.2) is 18.2 Å². The van der Waals surface area contributed by atoms with Gasteiger partial charge in [0, 0.05) is 32.8 Å². The summed E-state index contributed by atoms with van der Waals surface area (Å²) in [5.74, 6) is -4.44. The molecule has 2 aromatic rings. The molecule has 2 aliphatic rings. The van der Waals surface area contributed by atoms with Gasteiger partial charge in [-0.2, -0.15) is 4.98 Å². The molecule has 33 heavy (non-hydrogen) atoms. The van der Waals surface area contributed by atoms with E-state index in [1.165, 1.54) is 12.0 Å². The van der Waals surface area contributed by atoms with E-state index in [4.69, 9.17) is 4.74 Å². The number of aryl methyl sites for hydroxylation is 1. The van der Waals surface area contributed by atoms with Gasteiger partial charge in [-0.15, -0.1) is 0 Å². The van der Waals surface area contributed by atoms with Gasteiger partial charge in [-0.1, -0.05) is 0 Å². The zero-order valence-electron chi connectivity index (χ0n) is 18.5. The molecule has 9 nitrogen and oxygen atoms in total. The highest BCUT2D eigenvalue weighted by atomic mass is 19.2. The van der Waals surface area contributed by atoms with Crippen LogP contribution in [-0.2, 0) is 9.53 Å². The minimum atomic E-state index is -1.61. The van der Waals surface area contributed by atoms with Gasteiger partial charge in [-0.05, 0) is 26.0 Å². The van der Waals surface area contributed by atoms with Gasteiger partial charge in [0.2, 0.25) is 5.95 Å². The number of halogens is 3. The van der Waals surface area contributed by atoms with E-state index in [2.05, 4.69) is 20.6 Å². The number of fused-ring (bicyclic) bond motifs is 1. The van der Waals surface area contributed by atoms with Gasteiger partial charge < -0.3 is 25.2 Å². The number of likely N-dealkylation sites (tertiary alicyclic amines) is 1. The number of hydrogen-bond acceptors (Lipinski definition) is 7. The lowest BCUT2D eigenvalue weighted by Gasteiger charge is -2.43. The Morgan fingerprint density at radius 2 is 1.91 bits per heavy atom. The summed E-state index contributed by atoms with van der Waals surface area (Å²) in [6, 6.07) is 1.16. The van der Waals surface area contributed by atoms with Crippen LogP contribution in [0.2, 0.25) is 0 Å². The first-order valence-electron chi connectivity index (χ1n) is 10.2. The molecule has 1 fully saturated rings. The third-order valence-corrected chi connectivity index (χ3v) is 6.01. The van der Waals surface area contributed by atoms with Crippen LogP contribution in [0.4, 0.5) is 30.6 Å². The number of hydrogen-bond donors (Lipinski definition) is 2. The van der Waals surface area contributed by atoms with Crippen molar-refractivity contribution in [3.05, 3.63) is 40.8 Å². The number of aromatic nitrogens is 2. The molecule has 1 aromatic carbocycles. The fourth-order valence-corrected chi connectivity index (χ4v) is 3.87. The number of carbonyl (C=O) groups excluding carboxylic acids is 2. The molecule has 2 N–H and O–H groups in total. The van der Waals surface area contributed by atoms with Crippen molar-refractivity contribution in [2.75, 3.05) is 49.4 Å². The molecule has 0 unspecified atom stereocenters. The Hall–Kier alpha value is -3.41. The minimum Gasteiger partial charge on any atom is -0.382 e. The summed E-state index contributed by atoms with van der Waals surface area (Å²) in [4.78, 5) is 37.1. The van der Waals surface area contributed by atoms with Crippen LogP contribution >= 0.6 is 0 Å². The average Bonchev–Trinajstić information content (AvgIpc) is 2.73. The fourth-order valence-electron chi connectivity index (χ4n) is 3.87. The predicted octanol–water partition coefficient (Wildman–Crippen LogP) is 1.93. The van der Waals surface area contributed by atoms with Crippen LogP contribution in [0.5, 0.6) is 0 Å². The molecular formula is C21H23F3N6O3. The molecule has 2 amide bonds. The average molecular weight is 464 g/mol. The van der Waals surface area contributed by atoms with Gasteiger partial charge in [0.05, 0.1) is 18.3 Å². The van der Waals surface area contributed by atoms with Crippen molar-refractivity contribution in [2.45, 2.75) is 25.4 Å². The van der Waals surface area contributed by atoms with Gasteiger partial charge >= 0.3 is 0 Å². The number of anilines is 3. The Morgan fingerprint density at radius 3 is 2.52 bits per heavy atom. The quantitative estimate of drug-likeness (QED) is 0.653. The van der Waals surface area contributed by atoms with E-state index in [1.807, 2.05) is 0 Å². The molecule has 176 valence electrons. The lowest BCUT2D eigenvalue weighted by Crippen LogP contribution is -2.60. The summed E-state index contributed by atoms with van der Waals surface area (Å²) in [6.45, 7) is 4.13. The number of ether oxygens (including phenoxy) is 1. The molecule has 0 aliphatic carbocycles. The van der Waals surface area contributed by atoms with Crippen LogP contribution in [0.3, 0.4) is 0 Å².